The van der Waals surface area contributed by atoms with Crippen LogP contribution in [0.4, 0.5) is 5.69 Å². The lowest BCUT2D eigenvalue weighted by atomic mass is 10.2. The Morgan fingerprint density at radius 3 is 2.73 bits per heavy atom. The minimum absolute atomic E-state index is 0.100. The van der Waals surface area contributed by atoms with E-state index in [0.29, 0.717) is 5.56 Å². The molecule has 1 aromatic carbocycles. The molecule has 78 valence electrons. The minimum Gasteiger partial charge on any atom is -0.379 e. The zero-order valence-electron chi connectivity index (χ0n) is 7.28. The molecule has 6 nitrogen and oxygen atoms in total. The van der Waals surface area contributed by atoms with Gasteiger partial charge in [0.2, 0.25) is 0 Å². The number of rotatable bonds is 1. The largest absolute Gasteiger partial charge is 0.379 e. The molecule has 0 aromatic heterocycles. The van der Waals surface area contributed by atoms with Crippen molar-refractivity contribution in [3.05, 3.63) is 39.3 Å². The molecule has 7 heteroatoms. The van der Waals surface area contributed by atoms with Crippen molar-refractivity contribution in [2.24, 2.45) is 0 Å². The lowest BCUT2D eigenvalue weighted by Gasteiger charge is -2.10. The zero-order valence-corrected chi connectivity index (χ0v) is 8.10. The van der Waals surface area contributed by atoms with Gasteiger partial charge in [-0.3, -0.25) is 10.1 Å². The quantitative estimate of drug-likeness (QED) is 0.410. The molecule has 1 heterocycles. The van der Waals surface area contributed by atoms with Gasteiger partial charge in [0.25, 0.3) is 5.69 Å². The second kappa shape index (κ2) is 3.06. The number of hydrogen-bond donors (Lipinski definition) is 0. The van der Waals surface area contributed by atoms with Gasteiger partial charge in [-0.25, -0.2) is 0 Å². The summed E-state index contributed by atoms with van der Waals surface area (Å²) < 4.78 is 26.6. The van der Waals surface area contributed by atoms with Crippen LogP contribution in [-0.2, 0) is 10.1 Å². The van der Waals surface area contributed by atoms with Gasteiger partial charge in [-0.1, -0.05) is 0 Å². The van der Waals surface area contributed by atoms with Gasteiger partial charge in [-0.15, -0.1) is 0 Å². The van der Waals surface area contributed by atoms with Gasteiger partial charge in [0.15, 0.2) is 5.75 Å². The minimum atomic E-state index is -3.68. The van der Waals surface area contributed by atoms with Crippen LogP contribution in [0.5, 0.6) is 5.75 Å². The SMILES string of the molecule is O=[N+]([O-])c1ccc2c(c1)C=CS(=O)(=O)O2. The zero-order chi connectivity index (χ0) is 11.1. The molecule has 2 rings (SSSR count). The molecular weight excluding hydrogens is 222 g/mol. The molecule has 0 fully saturated rings. The molecule has 0 amide bonds. The lowest BCUT2D eigenvalue weighted by Crippen LogP contribution is -2.09. The predicted molar refractivity (Wildman–Crippen MR) is 51.7 cm³/mol. The monoisotopic (exact) mass is 227 g/mol. The van der Waals surface area contributed by atoms with Crippen molar-refractivity contribution in [3.8, 4) is 5.75 Å². The first kappa shape index (κ1) is 9.66. The molecule has 0 N–H and O–H groups in total. The molecule has 0 unspecified atom stereocenters. The second-order valence-corrected chi connectivity index (χ2v) is 4.28. The highest BCUT2D eigenvalue weighted by atomic mass is 32.2. The Hall–Kier alpha value is -1.89. The molecule has 0 radical (unpaired) electrons. The fourth-order valence-electron chi connectivity index (χ4n) is 1.17. The summed E-state index contributed by atoms with van der Waals surface area (Å²) in [4.78, 5) is 9.88. The molecule has 0 atom stereocenters. The first-order valence-electron chi connectivity index (χ1n) is 3.89. The number of nitro groups is 1. The number of hydrogen-bond acceptors (Lipinski definition) is 5. The van der Waals surface area contributed by atoms with E-state index in [9.17, 15) is 18.5 Å². The van der Waals surface area contributed by atoms with Crippen molar-refractivity contribution in [3.63, 3.8) is 0 Å². The van der Waals surface area contributed by atoms with Gasteiger partial charge in [0.1, 0.15) is 0 Å². The van der Waals surface area contributed by atoms with Gasteiger partial charge in [0.05, 0.1) is 10.3 Å². The maximum atomic E-state index is 11.0. The summed E-state index contributed by atoms with van der Waals surface area (Å²) in [5.74, 6) is 0.100. The average Bonchev–Trinajstić information content (AvgIpc) is 2.15. The van der Waals surface area contributed by atoms with E-state index in [4.69, 9.17) is 0 Å². The normalized spacial score (nSPS) is 16.5. The van der Waals surface area contributed by atoms with Crippen LogP contribution >= 0.6 is 0 Å². The van der Waals surface area contributed by atoms with E-state index in [-0.39, 0.29) is 11.4 Å². The lowest BCUT2D eigenvalue weighted by molar-refractivity contribution is -0.384. The van der Waals surface area contributed by atoms with Gasteiger partial charge >= 0.3 is 10.1 Å². The Bertz CT molecular complexity index is 560. The number of nitro benzene ring substituents is 1. The fraction of sp³-hybridized carbons (Fsp3) is 0. The summed E-state index contributed by atoms with van der Waals surface area (Å²) in [6.07, 6.45) is 1.27. The third kappa shape index (κ3) is 1.82. The van der Waals surface area contributed by atoms with Gasteiger partial charge in [0, 0.05) is 17.7 Å². The van der Waals surface area contributed by atoms with E-state index >= 15 is 0 Å². The first-order chi connectivity index (χ1) is 6.98. The third-order valence-corrected chi connectivity index (χ3v) is 2.71. The molecule has 15 heavy (non-hydrogen) atoms. The molecule has 0 saturated heterocycles. The highest BCUT2D eigenvalue weighted by Crippen LogP contribution is 2.29. The smallest absolute Gasteiger partial charge is 0.332 e. The van der Waals surface area contributed by atoms with Crippen molar-refractivity contribution < 1.29 is 17.5 Å². The predicted octanol–water partition coefficient (Wildman–Crippen LogP) is 1.29. The molecule has 0 aliphatic carbocycles. The number of fused-ring (bicyclic) bond motifs is 1. The van der Waals surface area contributed by atoms with Crippen molar-refractivity contribution in [1.29, 1.82) is 0 Å². The number of non-ortho nitro benzene ring substituents is 1. The summed E-state index contributed by atoms with van der Waals surface area (Å²) >= 11 is 0. The second-order valence-electron chi connectivity index (χ2n) is 2.86. The molecule has 0 saturated carbocycles. The molecule has 1 aliphatic rings. The van der Waals surface area contributed by atoms with Crippen molar-refractivity contribution >= 4 is 21.9 Å². The third-order valence-electron chi connectivity index (χ3n) is 1.82. The summed E-state index contributed by atoms with van der Waals surface area (Å²) in [6, 6.07) is 3.70. The van der Waals surface area contributed by atoms with Crippen molar-refractivity contribution in [2.45, 2.75) is 0 Å². The van der Waals surface area contributed by atoms with Crippen LogP contribution in [0.25, 0.3) is 6.08 Å². The summed E-state index contributed by atoms with van der Waals surface area (Å²) in [6.45, 7) is 0. The van der Waals surface area contributed by atoms with Crippen molar-refractivity contribution in [1.82, 2.24) is 0 Å². The Morgan fingerprint density at radius 2 is 2.07 bits per heavy atom. The van der Waals surface area contributed by atoms with Gasteiger partial charge in [-0.2, -0.15) is 8.42 Å². The van der Waals surface area contributed by atoms with Crippen LogP contribution in [0.1, 0.15) is 5.56 Å². The van der Waals surface area contributed by atoms with E-state index in [1.165, 1.54) is 24.3 Å². The Labute approximate surface area is 85.1 Å². The average molecular weight is 227 g/mol. The van der Waals surface area contributed by atoms with E-state index in [2.05, 4.69) is 4.18 Å². The van der Waals surface area contributed by atoms with E-state index in [1.807, 2.05) is 0 Å². The van der Waals surface area contributed by atoms with Crippen LogP contribution < -0.4 is 4.18 Å². The van der Waals surface area contributed by atoms with E-state index in [0.717, 1.165) is 5.41 Å². The standard InChI is InChI=1S/C8H5NO5S/c10-9(11)7-1-2-8-6(5-7)3-4-15(12,13)14-8/h1-5H. The topological polar surface area (TPSA) is 86.5 Å². The maximum absolute atomic E-state index is 11.0. The van der Waals surface area contributed by atoms with Crippen LogP contribution in [-0.4, -0.2) is 13.3 Å². The molecule has 1 aliphatic heterocycles. The van der Waals surface area contributed by atoms with E-state index < -0.39 is 15.0 Å². The van der Waals surface area contributed by atoms with Crippen LogP contribution in [0.15, 0.2) is 23.6 Å². The van der Waals surface area contributed by atoms with Crippen molar-refractivity contribution in [2.75, 3.05) is 0 Å². The Balaban J connectivity index is 2.54. The summed E-state index contributed by atoms with van der Waals surface area (Å²) in [5, 5.41) is 11.3. The molecule has 1 aromatic rings. The van der Waals surface area contributed by atoms with Crippen LogP contribution in [0, 0.1) is 10.1 Å². The molecule has 0 bridgehead atoms. The van der Waals surface area contributed by atoms with Crippen LogP contribution in [0.2, 0.25) is 0 Å². The molecule has 0 spiro atoms. The maximum Gasteiger partial charge on any atom is 0.332 e. The highest BCUT2D eigenvalue weighted by molar-refractivity contribution is 7.90. The number of nitrogens with zero attached hydrogens (tertiary/aromatic N) is 1. The van der Waals surface area contributed by atoms with Gasteiger partial charge < -0.3 is 4.18 Å². The fourth-order valence-corrected chi connectivity index (χ4v) is 1.94. The van der Waals surface area contributed by atoms with E-state index in [1.54, 1.807) is 0 Å². The molecular formula is C8H5NO5S. The Morgan fingerprint density at radius 1 is 1.33 bits per heavy atom. The highest BCUT2D eigenvalue weighted by Gasteiger charge is 2.19. The summed E-state index contributed by atoms with van der Waals surface area (Å²) in [5.41, 5.74) is 0.264. The van der Waals surface area contributed by atoms with Gasteiger partial charge in [-0.05, 0) is 12.1 Å². The first-order valence-corrected chi connectivity index (χ1v) is 5.36. The number of benzene rings is 1. The van der Waals surface area contributed by atoms with Crippen LogP contribution in [0.3, 0.4) is 0 Å². The summed E-state index contributed by atoms with van der Waals surface area (Å²) in [7, 11) is -3.68. The Kier molecular flexibility index (Phi) is 1.97.